The minimum atomic E-state index is 0.501. The largest absolute Gasteiger partial charge is 0.493 e. The van der Waals surface area contributed by atoms with Gasteiger partial charge in [0, 0.05) is 56.9 Å². The Morgan fingerprint density at radius 2 is 2.10 bits per heavy atom. The molecule has 6 heteroatoms. The van der Waals surface area contributed by atoms with Gasteiger partial charge in [-0.2, -0.15) is 0 Å². The van der Waals surface area contributed by atoms with Crippen LogP contribution >= 0.6 is 0 Å². The zero-order valence-electron chi connectivity index (χ0n) is 18.5. The summed E-state index contributed by atoms with van der Waals surface area (Å²) in [5.41, 5.74) is 2.36. The average molecular weight is 403 g/mol. The summed E-state index contributed by atoms with van der Waals surface area (Å²) in [6.45, 7) is 11.7. The normalized spacial score (nSPS) is 19.8. The molecule has 0 amide bonds. The van der Waals surface area contributed by atoms with E-state index in [0.29, 0.717) is 18.5 Å². The van der Waals surface area contributed by atoms with E-state index in [-0.39, 0.29) is 0 Å². The number of nitrogens with zero attached hydrogens (tertiary/aromatic N) is 2. The van der Waals surface area contributed by atoms with E-state index in [1.165, 1.54) is 18.4 Å². The van der Waals surface area contributed by atoms with Crippen LogP contribution in [0.25, 0.3) is 0 Å². The third-order valence-corrected chi connectivity index (χ3v) is 5.73. The van der Waals surface area contributed by atoms with Gasteiger partial charge in [-0.1, -0.05) is 12.1 Å². The van der Waals surface area contributed by atoms with Crippen molar-refractivity contribution in [2.75, 3.05) is 40.0 Å². The summed E-state index contributed by atoms with van der Waals surface area (Å²) in [5, 5.41) is 6.89. The molecule has 0 bridgehead atoms. The van der Waals surface area contributed by atoms with Gasteiger partial charge in [0.1, 0.15) is 5.75 Å². The highest BCUT2D eigenvalue weighted by Crippen LogP contribution is 2.28. The molecule has 0 radical (unpaired) electrons. The molecule has 1 aromatic carbocycles. The maximum Gasteiger partial charge on any atom is 0.191 e. The van der Waals surface area contributed by atoms with Crippen LogP contribution in [-0.2, 0) is 11.3 Å². The molecule has 1 saturated carbocycles. The lowest BCUT2D eigenvalue weighted by molar-refractivity contribution is 0.166. The van der Waals surface area contributed by atoms with Gasteiger partial charge in [-0.3, -0.25) is 9.89 Å². The van der Waals surface area contributed by atoms with Crippen LogP contribution in [0.15, 0.2) is 23.2 Å². The number of benzene rings is 1. The predicted octanol–water partition coefficient (Wildman–Crippen LogP) is 2.95. The van der Waals surface area contributed by atoms with Gasteiger partial charge in [-0.05, 0) is 51.7 Å². The van der Waals surface area contributed by atoms with Crippen LogP contribution in [0, 0.1) is 12.8 Å². The molecule has 1 saturated heterocycles. The summed E-state index contributed by atoms with van der Waals surface area (Å²) in [7, 11) is 1.82. The predicted molar refractivity (Wildman–Crippen MR) is 119 cm³/mol. The van der Waals surface area contributed by atoms with E-state index in [2.05, 4.69) is 59.5 Å². The zero-order valence-corrected chi connectivity index (χ0v) is 18.5. The highest BCUT2D eigenvalue weighted by Gasteiger charge is 2.30. The Morgan fingerprint density at radius 1 is 1.28 bits per heavy atom. The molecule has 162 valence electrons. The minimum Gasteiger partial charge on any atom is -0.493 e. The van der Waals surface area contributed by atoms with Crippen LogP contribution < -0.4 is 15.4 Å². The van der Waals surface area contributed by atoms with Gasteiger partial charge in [0.2, 0.25) is 0 Å². The van der Waals surface area contributed by atoms with Crippen molar-refractivity contribution in [3.05, 3.63) is 29.3 Å². The van der Waals surface area contributed by atoms with Crippen molar-refractivity contribution in [3.8, 4) is 5.75 Å². The maximum atomic E-state index is 6.15. The molecule has 1 aliphatic heterocycles. The molecule has 1 atom stereocenters. The molecule has 1 unspecified atom stereocenters. The monoisotopic (exact) mass is 402 g/mol. The summed E-state index contributed by atoms with van der Waals surface area (Å²) in [4.78, 5) is 6.96. The fourth-order valence-electron chi connectivity index (χ4n) is 3.84. The lowest BCUT2D eigenvalue weighted by atomic mass is 10.1. The van der Waals surface area contributed by atoms with Gasteiger partial charge in [-0.15, -0.1) is 0 Å². The highest BCUT2D eigenvalue weighted by atomic mass is 16.5. The van der Waals surface area contributed by atoms with Crippen molar-refractivity contribution in [3.63, 3.8) is 0 Å². The van der Waals surface area contributed by atoms with E-state index in [9.17, 15) is 0 Å². The van der Waals surface area contributed by atoms with Crippen molar-refractivity contribution in [2.45, 2.75) is 58.7 Å². The third kappa shape index (κ3) is 6.89. The molecule has 1 heterocycles. The zero-order chi connectivity index (χ0) is 20.6. The van der Waals surface area contributed by atoms with Crippen LogP contribution in [0.3, 0.4) is 0 Å². The molecule has 2 N–H and O–H groups in total. The number of nitrogens with one attached hydrogen (secondary N) is 2. The van der Waals surface area contributed by atoms with E-state index in [0.717, 1.165) is 62.6 Å². The third-order valence-electron chi connectivity index (χ3n) is 5.73. The number of ether oxygens (including phenoxy) is 2. The van der Waals surface area contributed by atoms with Crippen LogP contribution in [0.2, 0.25) is 0 Å². The number of hydrogen-bond acceptors (Lipinski definition) is 4. The first kappa shape index (κ1) is 21.9. The first-order valence-electron chi connectivity index (χ1n) is 11.1. The summed E-state index contributed by atoms with van der Waals surface area (Å²) >= 11 is 0. The van der Waals surface area contributed by atoms with Gasteiger partial charge < -0.3 is 20.1 Å². The van der Waals surface area contributed by atoms with Gasteiger partial charge in [-0.25, -0.2) is 0 Å². The second-order valence-corrected chi connectivity index (χ2v) is 8.57. The number of aliphatic imine (C=N–C) groups is 1. The standard InChI is InChI=1S/C23H38N4O2/c1-17(2)27(21-7-8-21)11-10-25-23(24-4)26-14-20-6-5-18(3)13-22(20)29-16-19-9-12-28-15-19/h5-6,13,17,19,21H,7-12,14-16H2,1-4H3,(H2,24,25,26). The Labute approximate surface area is 176 Å². The lowest BCUT2D eigenvalue weighted by Gasteiger charge is -2.26. The van der Waals surface area contributed by atoms with E-state index in [4.69, 9.17) is 9.47 Å². The van der Waals surface area contributed by atoms with Crippen LogP contribution in [-0.4, -0.2) is 62.9 Å². The Morgan fingerprint density at radius 3 is 2.76 bits per heavy atom. The smallest absolute Gasteiger partial charge is 0.191 e. The number of guanidine groups is 1. The number of rotatable bonds is 10. The summed E-state index contributed by atoms with van der Waals surface area (Å²) in [6.07, 6.45) is 3.77. The molecule has 2 aliphatic rings. The first-order valence-corrected chi connectivity index (χ1v) is 11.1. The van der Waals surface area contributed by atoms with E-state index < -0.39 is 0 Å². The van der Waals surface area contributed by atoms with Gasteiger partial charge in [0.05, 0.1) is 13.2 Å². The molecular formula is C23H38N4O2. The van der Waals surface area contributed by atoms with E-state index >= 15 is 0 Å². The SMILES string of the molecule is CN=C(NCCN(C(C)C)C1CC1)NCc1ccc(C)cc1OCC1CCOC1. The highest BCUT2D eigenvalue weighted by molar-refractivity contribution is 5.79. The van der Waals surface area contributed by atoms with Crippen LogP contribution in [0.1, 0.15) is 44.2 Å². The fourth-order valence-corrected chi connectivity index (χ4v) is 3.84. The summed E-state index contributed by atoms with van der Waals surface area (Å²) in [5.74, 6) is 2.29. The number of hydrogen-bond donors (Lipinski definition) is 2. The lowest BCUT2D eigenvalue weighted by Crippen LogP contribution is -2.43. The maximum absolute atomic E-state index is 6.15. The second kappa shape index (κ2) is 10.8. The van der Waals surface area contributed by atoms with Crippen molar-refractivity contribution < 1.29 is 9.47 Å². The Bertz CT molecular complexity index is 665. The molecule has 1 aliphatic carbocycles. The van der Waals surface area contributed by atoms with Crippen LogP contribution in [0.4, 0.5) is 0 Å². The van der Waals surface area contributed by atoms with Crippen molar-refractivity contribution in [1.29, 1.82) is 0 Å². The van der Waals surface area contributed by atoms with Gasteiger partial charge >= 0.3 is 0 Å². The van der Waals surface area contributed by atoms with Crippen molar-refractivity contribution in [2.24, 2.45) is 10.9 Å². The number of aryl methyl sites for hydroxylation is 1. The average Bonchev–Trinajstić information content (AvgIpc) is 3.40. The molecule has 0 spiro atoms. The second-order valence-electron chi connectivity index (χ2n) is 8.57. The molecule has 29 heavy (non-hydrogen) atoms. The summed E-state index contributed by atoms with van der Waals surface area (Å²) in [6, 6.07) is 7.78. The summed E-state index contributed by atoms with van der Waals surface area (Å²) < 4.78 is 11.6. The molecule has 3 rings (SSSR count). The van der Waals surface area contributed by atoms with Crippen LogP contribution in [0.5, 0.6) is 5.75 Å². The molecule has 0 aromatic heterocycles. The topological polar surface area (TPSA) is 58.1 Å². The van der Waals surface area contributed by atoms with Crippen molar-refractivity contribution in [1.82, 2.24) is 15.5 Å². The molecule has 1 aromatic rings. The fraction of sp³-hybridized carbons (Fsp3) is 0.696. The Balaban J connectivity index is 1.48. The van der Waals surface area contributed by atoms with Crippen molar-refractivity contribution >= 4 is 5.96 Å². The first-order chi connectivity index (χ1) is 14.1. The van der Waals surface area contributed by atoms with Gasteiger partial charge in [0.25, 0.3) is 0 Å². The molecule has 2 fully saturated rings. The molecular weight excluding hydrogens is 364 g/mol. The van der Waals surface area contributed by atoms with E-state index in [1.54, 1.807) is 0 Å². The van der Waals surface area contributed by atoms with Gasteiger partial charge in [0.15, 0.2) is 5.96 Å². The minimum absolute atomic E-state index is 0.501. The van der Waals surface area contributed by atoms with E-state index in [1.807, 2.05) is 7.05 Å². The Hall–Kier alpha value is -1.79. The quantitative estimate of drug-likeness (QED) is 0.465. The molecule has 6 nitrogen and oxygen atoms in total. The Kier molecular flexibility index (Phi) is 8.19.